The summed E-state index contributed by atoms with van der Waals surface area (Å²) < 4.78 is 1.97. The van der Waals surface area contributed by atoms with Crippen molar-refractivity contribution in [1.29, 1.82) is 0 Å². The number of nitrogens with zero attached hydrogens (tertiary/aromatic N) is 5. The Bertz CT molecular complexity index is 1070. The number of rotatable bonds is 3. The minimum absolute atomic E-state index is 0.217. The van der Waals surface area contributed by atoms with Crippen LogP contribution < -0.4 is 11.5 Å². The van der Waals surface area contributed by atoms with Crippen molar-refractivity contribution in [2.45, 2.75) is 13.5 Å². The molecule has 7 heteroatoms. The minimum atomic E-state index is 0.217. The summed E-state index contributed by atoms with van der Waals surface area (Å²) in [5.41, 5.74) is 17.3. The van der Waals surface area contributed by atoms with Crippen molar-refractivity contribution in [1.82, 2.24) is 24.3 Å². The van der Waals surface area contributed by atoms with E-state index in [4.69, 9.17) is 16.5 Å². The fourth-order valence-corrected chi connectivity index (χ4v) is 2.82. The molecule has 0 amide bonds. The van der Waals surface area contributed by atoms with Crippen LogP contribution in [0.1, 0.15) is 11.3 Å². The van der Waals surface area contributed by atoms with E-state index in [1.165, 1.54) is 0 Å². The summed E-state index contributed by atoms with van der Waals surface area (Å²) >= 11 is 0. The first-order valence-electron chi connectivity index (χ1n) is 7.89. The summed E-state index contributed by atoms with van der Waals surface area (Å²) in [4.78, 5) is 17.7. The van der Waals surface area contributed by atoms with Crippen molar-refractivity contribution in [3.63, 3.8) is 0 Å². The van der Waals surface area contributed by atoms with Crippen LogP contribution in [0.4, 0.5) is 5.95 Å². The number of nitrogens with two attached hydrogens (primary N) is 2. The largest absolute Gasteiger partial charge is 0.368 e. The highest BCUT2D eigenvalue weighted by Gasteiger charge is 2.18. The highest BCUT2D eigenvalue weighted by molar-refractivity contribution is 5.79. The summed E-state index contributed by atoms with van der Waals surface area (Å²) in [6, 6.07) is 11.6. The summed E-state index contributed by atoms with van der Waals surface area (Å²) in [7, 11) is 0. The van der Waals surface area contributed by atoms with Gasteiger partial charge in [-0.05, 0) is 42.8 Å². The third-order valence-electron chi connectivity index (χ3n) is 3.97. The number of hydrogen-bond donors (Lipinski definition) is 2. The van der Waals surface area contributed by atoms with Crippen LogP contribution in [-0.4, -0.2) is 24.3 Å². The zero-order chi connectivity index (χ0) is 17.4. The monoisotopic (exact) mass is 331 g/mol. The fourth-order valence-electron chi connectivity index (χ4n) is 2.82. The Morgan fingerprint density at radius 1 is 1.04 bits per heavy atom. The lowest BCUT2D eigenvalue weighted by Crippen LogP contribution is -2.00. The second-order valence-electron chi connectivity index (χ2n) is 5.74. The van der Waals surface area contributed by atoms with E-state index in [9.17, 15) is 0 Å². The number of nitrogen functional groups attached to an aromatic ring is 1. The quantitative estimate of drug-likeness (QED) is 0.596. The molecule has 4 heterocycles. The van der Waals surface area contributed by atoms with E-state index < -0.39 is 0 Å². The lowest BCUT2D eigenvalue weighted by Gasteiger charge is -2.06. The number of anilines is 1. The van der Waals surface area contributed by atoms with Gasteiger partial charge in [0, 0.05) is 24.6 Å². The third kappa shape index (κ3) is 2.70. The van der Waals surface area contributed by atoms with E-state index in [1.54, 1.807) is 6.20 Å². The van der Waals surface area contributed by atoms with Crippen LogP contribution in [0.2, 0.25) is 0 Å². The molecule has 25 heavy (non-hydrogen) atoms. The molecular weight excluding hydrogens is 314 g/mol. The molecule has 0 aliphatic rings. The summed E-state index contributed by atoms with van der Waals surface area (Å²) in [6.45, 7) is 2.41. The summed E-state index contributed by atoms with van der Waals surface area (Å²) in [5, 5.41) is 0. The van der Waals surface area contributed by atoms with Crippen molar-refractivity contribution >= 4 is 11.6 Å². The van der Waals surface area contributed by atoms with Gasteiger partial charge in [0.1, 0.15) is 17.0 Å². The van der Waals surface area contributed by atoms with Crippen molar-refractivity contribution in [2.24, 2.45) is 5.73 Å². The van der Waals surface area contributed by atoms with Gasteiger partial charge in [-0.1, -0.05) is 6.07 Å². The van der Waals surface area contributed by atoms with E-state index in [-0.39, 0.29) is 5.95 Å². The number of fused-ring (bicyclic) bond motifs is 1. The molecular formula is C18H17N7. The van der Waals surface area contributed by atoms with E-state index in [0.717, 1.165) is 34.0 Å². The summed E-state index contributed by atoms with van der Waals surface area (Å²) in [5.74, 6) is 0.217. The molecule has 4 aromatic heterocycles. The SMILES string of the molecule is Cc1cccc(-c2nc3cc(CN)ccn3c2-c2ccnc(N)n2)n1. The molecule has 7 nitrogen and oxygen atoms in total. The minimum Gasteiger partial charge on any atom is -0.368 e. The lowest BCUT2D eigenvalue weighted by molar-refractivity contribution is 1.05. The van der Waals surface area contributed by atoms with Gasteiger partial charge in [-0.3, -0.25) is 9.38 Å². The highest BCUT2D eigenvalue weighted by atomic mass is 15.1. The molecule has 0 saturated heterocycles. The lowest BCUT2D eigenvalue weighted by atomic mass is 10.1. The van der Waals surface area contributed by atoms with Crippen LogP contribution in [0.5, 0.6) is 0 Å². The molecule has 0 atom stereocenters. The highest BCUT2D eigenvalue weighted by Crippen LogP contribution is 2.31. The molecule has 0 unspecified atom stereocenters. The molecule has 4 rings (SSSR count). The van der Waals surface area contributed by atoms with Gasteiger partial charge in [-0.25, -0.2) is 15.0 Å². The van der Waals surface area contributed by atoms with Crippen LogP contribution in [0, 0.1) is 6.92 Å². The predicted octanol–water partition coefficient (Wildman–Crippen LogP) is 2.20. The number of aromatic nitrogens is 5. The average molecular weight is 331 g/mol. The molecule has 0 radical (unpaired) electrons. The molecule has 124 valence electrons. The Labute approximate surface area is 144 Å². The van der Waals surface area contributed by atoms with Crippen LogP contribution >= 0.6 is 0 Å². The molecule has 0 spiro atoms. The van der Waals surface area contributed by atoms with E-state index in [2.05, 4.69) is 15.0 Å². The zero-order valence-corrected chi connectivity index (χ0v) is 13.7. The van der Waals surface area contributed by atoms with Gasteiger partial charge in [0.05, 0.1) is 11.4 Å². The molecule has 4 aromatic rings. The normalized spacial score (nSPS) is 11.1. The van der Waals surface area contributed by atoms with Gasteiger partial charge in [-0.15, -0.1) is 0 Å². The molecule has 0 aliphatic heterocycles. The van der Waals surface area contributed by atoms with Gasteiger partial charge < -0.3 is 11.5 Å². The maximum atomic E-state index is 5.78. The van der Waals surface area contributed by atoms with Crippen molar-refractivity contribution in [3.05, 3.63) is 60.0 Å². The van der Waals surface area contributed by atoms with Crippen LogP contribution in [0.3, 0.4) is 0 Å². The Balaban J connectivity index is 2.05. The van der Waals surface area contributed by atoms with Crippen molar-refractivity contribution < 1.29 is 0 Å². The standard InChI is InChI=1S/C18H17N7/c1-11-3-2-4-13(22-11)16-17(14-5-7-21-18(20)23-14)25-8-6-12(10-19)9-15(25)24-16/h2-9H,10,19H2,1H3,(H2,20,21,23). The van der Waals surface area contributed by atoms with Crippen LogP contribution in [0.15, 0.2) is 48.8 Å². The Morgan fingerprint density at radius 3 is 2.68 bits per heavy atom. The van der Waals surface area contributed by atoms with E-state index >= 15 is 0 Å². The first kappa shape index (κ1) is 15.2. The van der Waals surface area contributed by atoms with Gasteiger partial charge in [0.2, 0.25) is 5.95 Å². The first-order valence-corrected chi connectivity index (χ1v) is 7.89. The molecule has 0 fully saturated rings. The first-order chi connectivity index (χ1) is 12.2. The molecule has 4 N–H and O–H groups in total. The number of imidazole rings is 1. The van der Waals surface area contributed by atoms with Crippen LogP contribution in [-0.2, 0) is 6.54 Å². The fraction of sp³-hybridized carbons (Fsp3) is 0.111. The predicted molar refractivity (Wildman–Crippen MR) is 96.5 cm³/mol. The summed E-state index contributed by atoms with van der Waals surface area (Å²) in [6.07, 6.45) is 3.58. The number of hydrogen-bond acceptors (Lipinski definition) is 6. The third-order valence-corrected chi connectivity index (χ3v) is 3.97. The Morgan fingerprint density at radius 2 is 1.92 bits per heavy atom. The number of pyridine rings is 2. The second kappa shape index (κ2) is 5.95. The Kier molecular flexibility index (Phi) is 3.62. The van der Waals surface area contributed by atoms with Gasteiger partial charge in [-0.2, -0.15) is 0 Å². The molecule has 0 bridgehead atoms. The van der Waals surface area contributed by atoms with Gasteiger partial charge >= 0.3 is 0 Å². The van der Waals surface area contributed by atoms with Gasteiger partial charge in [0.25, 0.3) is 0 Å². The molecule has 0 aromatic carbocycles. The molecule has 0 saturated carbocycles. The zero-order valence-electron chi connectivity index (χ0n) is 13.7. The Hall–Kier alpha value is -3.32. The van der Waals surface area contributed by atoms with Crippen molar-refractivity contribution in [2.75, 3.05) is 5.73 Å². The average Bonchev–Trinajstić information content (AvgIpc) is 3.00. The molecule has 0 aliphatic carbocycles. The topological polar surface area (TPSA) is 108 Å². The number of aryl methyl sites for hydroxylation is 1. The second-order valence-corrected chi connectivity index (χ2v) is 5.74. The maximum absolute atomic E-state index is 5.78. The van der Waals surface area contributed by atoms with Gasteiger partial charge in [0.15, 0.2) is 0 Å². The maximum Gasteiger partial charge on any atom is 0.220 e. The van der Waals surface area contributed by atoms with E-state index in [0.29, 0.717) is 12.2 Å². The van der Waals surface area contributed by atoms with Crippen molar-refractivity contribution in [3.8, 4) is 22.8 Å². The smallest absolute Gasteiger partial charge is 0.220 e. The van der Waals surface area contributed by atoms with Crippen LogP contribution in [0.25, 0.3) is 28.4 Å². The van der Waals surface area contributed by atoms with E-state index in [1.807, 2.05) is 53.9 Å².